The van der Waals surface area contributed by atoms with E-state index in [1.165, 1.54) is 0 Å². The molecule has 1 N–H and O–H groups in total. The molecule has 23 heavy (non-hydrogen) atoms. The third kappa shape index (κ3) is 5.70. The Balaban J connectivity index is 3.16. The fraction of sp³-hybridized carbons (Fsp3) is 0.562. The molecule has 0 fully saturated rings. The standard InChI is InChI=1S/C16H25ClN2O3S/c1-5-8-12(3)18-16(20)15(6-2)19(23(4,21)22)14-10-7-9-13(17)11-14/h7,9-12,15H,5-6,8H2,1-4H3,(H,18,20)/t12-,15-/m0/s1. The van der Waals surface area contributed by atoms with Gasteiger partial charge in [-0.25, -0.2) is 8.42 Å². The van der Waals surface area contributed by atoms with Gasteiger partial charge in [0.25, 0.3) is 0 Å². The predicted octanol–water partition coefficient (Wildman–Crippen LogP) is 3.19. The number of hydrogen-bond donors (Lipinski definition) is 1. The highest BCUT2D eigenvalue weighted by Gasteiger charge is 2.31. The first-order valence-corrected chi connectivity index (χ1v) is 9.98. The Bertz CT molecular complexity index is 634. The second-order valence-corrected chi connectivity index (χ2v) is 7.96. The Morgan fingerprint density at radius 3 is 2.48 bits per heavy atom. The second-order valence-electron chi connectivity index (χ2n) is 5.66. The van der Waals surface area contributed by atoms with Gasteiger partial charge in [0, 0.05) is 11.1 Å². The number of rotatable bonds is 8. The maximum atomic E-state index is 12.6. The SMILES string of the molecule is CCC[C@H](C)NC(=O)[C@H](CC)N(c1cccc(Cl)c1)S(C)(=O)=O. The summed E-state index contributed by atoms with van der Waals surface area (Å²) in [6, 6.07) is 5.72. The van der Waals surface area contributed by atoms with Gasteiger partial charge in [0.05, 0.1) is 11.9 Å². The summed E-state index contributed by atoms with van der Waals surface area (Å²) in [6.07, 6.45) is 3.25. The lowest BCUT2D eigenvalue weighted by atomic mass is 10.1. The number of sulfonamides is 1. The van der Waals surface area contributed by atoms with Crippen LogP contribution in [0.3, 0.4) is 0 Å². The average molecular weight is 361 g/mol. The Kier molecular flexibility index (Phi) is 7.35. The van der Waals surface area contributed by atoms with Crippen molar-refractivity contribution in [3.05, 3.63) is 29.3 Å². The van der Waals surface area contributed by atoms with Gasteiger partial charge in [-0.05, 0) is 38.0 Å². The van der Waals surface area contributed by atoms with Gasteiger partial charge in [-0.3, -0.25) is 9.10 Å². The molecular formula is C16H25ClN2O3S. The van der Waals surface area contributed by atoms with Crippen LogP contribution in [-0.4, -0.2) is 32.7 Å². The maximum absolute atomic E-state index is 12.6. The average Bonchev–Trinajstić information content (AvgIpc) is 2.43. The predicted molar refractivity (Wildman–Crippen MR) is 95.4 cm³/mol. The molecule has 5 nitrogen and oxygen atoms in total. The third-order valence-corrected chi connectivity index (χ3v) is 4.92. The molecule has 0 bridgehead atoms. The molecule has 2 atom stereocenters. The van der Waals surface area contributed by atoms with E-state index in [1.54, 1.807) is 31.2 Å². The molecule has 0 aliphatic carbocycles. The molecule has 130 valence electrons. The second kappa shape index (κ2) is 8.55. The summed E-state index contributed by atoms with van der Waals surface area (Å²) >= 11 is 5.97. The molecule has 1 aromatic rings. The van der Waals surface area contributed by atoms with E-state index >= 15 is 0 Å². The highest BCUT2D eigenvalue weighted by molar-refractivity contribution is 7.92. The first kappa shape index (κ1) is 19.8. The van der Waals surface area contributed by atoms with Crippen molar-refractivity contribution in [2.75, 3.05) is 10.6 Å². The van der Waals surface area contributed by atoms with Gasteiger partial charge in [0.2, 0.25) is 15.9 Å². The van der Waals surface area contributed by atoms with Crippen LogP contribution >= 0.6 is 11.6 Å². The topological polar surface area (TPSA) is 66.5 Å². The summed E-state index contributed by atoms with van der Waals surface area (Å²) in [5, 5.41) is 3.31. The zero-order valence-corrected chi connectivity index (χ0v) is 15.6. The molecule has 1 aromatic carbocycles. The Morgan fingerprint density at radius 1 is 1.35 bits per heavy atom. The van der Waals surface area contributed by atoms with E-state index in [4.69, 9.17) is 11.6 Å². The van der Waals surface area contributed by atoms with E-state index in [0.29, 0.717) is 17.1 Å². The van der Waals surface area contributed by atoms with Crippen LogP contribution in [0.5, 0.6) is 0 Å². The lowest BCUT2D eigenvalue weighted by molar-refractivity contribution is -0.122. The largest absolute Gasteiger partial charge is 0.352 e. The summed E-state index contributed by atoms with van der Waals surface area (Å²) in [4.78, 5) is 12.6. The lowest BCUT2D eigenvalue weighted by Gasteiger charge is -2.31. The van der Waals surface area contributed by atoms with Crippen LogP contribution in [0.25, 0.3) is 0 Å². The molecule has 0 radical (unpaired) electrons. The number of amides is 1. The van der Waals surface area contributed by atoms with Gasteiger partial charge in [0.1, 0.15) is 6.04 Å². The first-order valence-electron chi connectivity index (χ1n) is 7.76. The van der Waals surface area contributed by atoms with Crippen molar-refractivity contribution in [1.29, 1.82) is 0 Å². The molecule has 0 aliphatic heterocycles. The molecule has 0 aromatic heterocycles. The molecule has 0 unspecified atom stereocenters. The van der Waals surface area contributed by atoms with Crippen molar-refractivity contribution < 1.29 is 13.2 Å². The minimum Gasteiger partial charge on any atom is -0.352 e. The van der Waals surface area contributed by atoms with E-state index in [-0.39, 0.29) is 11.9 Å². The van der Waals surface area contributed by atoms with Crippen molar-refractivity contribution in [1.82, 2.24) is 5.32 Å². The minimum atomic E-state index is -3.63. The summed E-state index contributed by atoms with van der Waals surface area (Å²) in [5.41, 5.74) is 0.394. The van der Waals surface area contributed by atoms with Gasteiger partial charge in [-0.1, -0.05) is 37.9 Å². The Hall–Kier alpha value is -1.27. The van der Waals surface area contributed by atoms with Crippen molar-refractivity contribution in [3.63, 3.8) is 0 Å². The summed E-state index contributed by atoms with van der Waals surface area (Å²) < 4.78 is 25.7. The van der Waals surface area contributed by atoms with Crippen LogP contribution in [-0.2, 0) is 14.8 Å². The quantitative estimate of drug-likeness (QED) is 0.774. The van der Waals surface area contributed by atoms with Crippen LogP contribution < -0.4 is 9.62 Å². The molecule has 0 heterocycles. The van der Waals surface area contributed by atoms with Crippen LogP contribution in [0, 0.1) is 0 Å². The highest BCUT2D eigenvalue weighted by Crippen LogP contribution is 2.25. The van der Waals surface area contributed by atoms with Gasteiger partial charge in [0.15, 0.2) is 0 Å². The van der Waals surface area contributed by atoms with E-state index in [0.717, 1.165) is 23.4 Å². The molecule has 7 heteroatoms. The number of carbonyl (C=O) groups excluding carboxylic acids is 1. The Labute approximate surface area is 144 Å². The summed E-state index contributed by atoms with van der Waals surface area (Å²) in [5.74, 6) is -0.293. The highest BCUT2D eigenvalue weighted by atomic mass is 35.5. The normalized spacial score (nSPS) is 14.1. The number of nitrogens with zero attached hydrogens (tertiary/aromatic N) is 1. The minimum absolute atomic E-state index is 0.00215. The lowest BCUT2D eigenvalue weighted by Crippen LogP contribution is -2.51. The van der Waals surface area contributed by atoms with E-state index in [2.05, 4.69) is 5.32 Å². The fourth-order valence-electron chi connectivity index (χ4n) is 2.52. The molecule has 0 saturated heterocycles. The van der Waals surface area contributed by atoms with Crippen LogP contribution in [0.2, 0.25) is 5.02 Å². The first-order chi connectivity index (χ1) is 10.7. The van der Waals surface area contributed by atoms with Crippen LogP contribution in [0.1, 0.15) is 40.0 Å². The number of anilines is 1. The number of nitrogens with one attached hydrogen (secondary N) is 1. The number of benzene rings is 1. The smallest absolute Gasteiger partial charge is 0.244 e. The number of hydrogen-bond acceptors (Lipinski definition) is 3. The van der Waals surface area contributed by atoms with E-state index in [9.17, 15) is 13.2 Å². The molecule has 1 rings (SSSR count). The van der Waals surface area contributed by atoms with Gasteiger partial charge in [-0.15, -0.1) is 0 Å². The van der Waals surface area contributed by atoms with Gasteiger partial charge in [-0.2, -0.15) is 0 Å². The van der Waals surface area contributed by atoms with Crippen molar-refractivity contribution in [2.45, 2.75) is 52.1 Å². The van der Waals surface area contributed by atoms with Crippen LogP contribution in [0.4, 0.5) is 5.69 Å². The van der Waals surface area contributed by atoms with E-state index in [1.807, 2.05) is 13.8 Å². The molecular weight excluding hydrogens is 336 g/mol. The maximum Gasteiger partial charge on any atom is 0.244 e. The summed E-state index contributed by atoms with van der Waals surface area (Å²) in [7, 11) is -3.63. The van der Waals surface area contributed by atoms with Crippen molar-refractivity contribution in [3.8, 4) is 0 Å². The van der Waals surface area contributed by atoms with E-state index < -0.39 is 16.1 Å². The number of carbonyl (C=O) groups is 1. The van der Waals surface area contributed by atoms with Crippen LogP contribution in [0.15, 0.2) is 24.3 Å². The molecule has 0 saturated carbocycles. The molecule has 1 amide bonds. The zero-order valence-electron chi connectivity index (χ0n) is 14.0. The van der Waals surface area contributed by atoms with Crippen molar-refractivity contribution >= 4 is 33.2 Å². The summed E-state index contributed by atoms with van der Waals surface area (Å²) in [6.45, 7) is 5.74. The third-order valence-electron chi connectivity index (χ3n) is 3.50. The van der Waals surface area contributed by atoms with Gasteiger partial charge < -0.3 is 5.32 Å². The van der Waals surface area contributed by atoms with Crippen molar-refractivity contribution in [2.24, 2.45) is 0 Å². The zero-order chi connectivity index (χ0) is 17.6. The Morgan fingerprint density at radius 2 is 2.00 bits per heavy atom. The fourth-order valence-corrected chi connectivity index (χ4v) is 3.91. The molecule has 0 aliphatic rings. The number of halogens is 1. The van der Waals surface area contributed by atoms with Gasteiger partial charge >= 0.3 is 0 Å². The molecule has 0 spiro atoms. The monoisotopic (exact) mass is 360 g/mol.